The number of carbonyl (C=O) groups excluding carboxylic acids is 5. The summed E-state index contributed by atoms with van der Waals surface area (Å²) in [5.41, 5.74) is 11.5. The second-order valence-electron chi connectivity index (χ2n) is 21.5. The molecule has 0 saturated carbocycles. The fourth-order valence-corrected chi connectivity index (χ4v) is 17.3. The summed E-state index contributed by atoms with van der Waals surface area (Å²) in [7, 11) is 4.86. The molecule has 37 heteroatoms. The minimum absolute atomic E-state index is 0. The number of terminal acetylenes is 1. The maximum absolute atomic E-state index is 12.3. The number of hydrogen-bond donors (Lipinski definition) is 7. The first kappa shape index (κ1) is 82.3. The van der Waals surface area contributed by atoms with E-state index >= 15 is 0 Å². The van der Waals surface area contributed by atoms with Crippen LogP contribution in [0.2, 0.25) is 0 Å². The number of unbranched alkanes of at least 4 members (excludes halogenated alkanes) is 2. The van der Waals surface area contributed by atoms with Crippen LogP contribution in [0.3, 0.4) is 0 Å². The first-order valence-electron chi connectivity index (χ1n) is 29.2. The molecule has 10 atom stereocenters. The van der Waals surface area contributed by atoms with E-state index in [1.165, 1.54) is 31.7 Å². The fraction of sp³-hybridized carbons (Fsp3) is 0.685. The predicted molar refractivity (Wildman–Crippen MR) is 369 cm³/mol. The number of rotatable bonds is 23. The minimum atomic E-state index is -0.316. The summed E-state index contributed by atoms with van der Waals surface area (Å²) < 4.78 is 1.69. The summed E-state index contributed by atoms with van der Waals surface area (Å²) >= 11 is 20.9. The van der Waals surface area contributed by atoms with E-state index in [-0.39, 0.29) is 156 Å². The van der Waals surface area contributed by atoms with Crippen molar-refractivity contribution in [3.8, 4) is 12.3 Å². The van der Waals surface area contributed by atoms with Crippen molar-refractivity contribution in [1.29, 1.82) is 0 Å². The van der Waals surface area contributed by atoms with E-state index in [1.807, 2.05) is 53.0 Å². The van der Waals surface area contributed by atoms with Crippen molar-refractivity contribution in [1.82, 2.24) is 57.0 Å². The molecule has 9 heterocycles. The standard InChI is InChI=1S/C23H36N8O4S.C17H21N5O3.C13H19N3O2S.CH4.K.H2O.S5.S3/c32-21(7-2-1-6-20-22-19(14-36-20)25-23(33)26-22)24-12-16-13-30(29-27-16)8-9-35-28-15-10-17-4-3-5-18(11-15)31(17)34;18-21-19-9-10-24-20-14-11-15-7-4-8-16(12-14)22(15)25-17(23)13-5-2-1-3-6-13;1-2-7-14-11(17)6-4-3-5-10-12-9(8-19-10)15-13(18)16-12;;;;1-3-5-4-2;1-3-2/h13,17-20,22,34H,1-12,14H2,(H,24,32)(H2,25,26,33);1-3,5-6,15-16H,4,7-12H2;1,9-10,12H,3-8H2,(H,14,17)(H2,15,16,18);1H4;;1H2;;/q;;;;+1;;;/p-1/t17?,18?,19-,20-,22-;;9-,10-,12-;;;;;/m0.0...../s1. The molecule has 91 heavy (non-hydrogen) atoms. The third kappa shape index (κ3) is 29.1. The average Bonchev–Trinajstić information content (AvgIpc) is 2.65. The van der Waals surface area contributed by atoms with Crippen molar-refractivity contribution in [3.63, 3.8) is 0 Å². The number of aromatic nitrogens is 3. The van der Waals surface area contributed by atoms with Gasteiger partial charge in [0.25, 0.3) is 0 Å². The number of piperidine rings is 4. The molecule has 0 spiro atoms. The second kappa shape index (κ2) is 47.1. The predicted octanol–water partition coefficient (Wildman–Crippen LogP) is 2.76. The van der Waals surface area contributed by atoms with Gasteiger partial charge < -0.3 is 57.1 Å². The van der Waals surface area contributed by atoms with Gasteiger partial charge in [-0.3, -0.25) is 9.59 Å². The molecule has 8 N–H and O–H groups in total. The Balaban J connectivity index is 0.000000345. The summed E-state index contributed by atoms with van der Waals surface area (Å²) in [5, 5.41) is 51.9. The van der Waals surface area contributed by atoms with Crippen molar-refractivity contribution in [2.45, 2.75) is 195 Å². The van der Waals surface area contributed by atoms with Crippen LogP contribution in [0.5, 0.6) is 0 Å². The molecule has 498 valence electrons. The summed E-state index contributed by atoms with van der Waals surface area (Å²) in [5.74, 6) is 4.03. The third-order valence-corrected chi connectivity index (χ3v) is 23.0. The zero-order chi connectivity index (χ0) is 62.9. The number of thioether (sulfide) groups is 2. The van der Waals surface area contributed by atoms with Gasteiger partial charge in [-0.1, -0.05) is 77.9 Å². The van der Waals surface area contributed by atoms with Crippen molar-refractivity contribution in [3.05, 3.63) is 58.2 Å². The van der Waals surface area contributed by atoms with Crippen molar-refractivity contribution in [2.24, 2.45) is 15.4 Å². The third-order valence-electron chi connectivity index (χ3n) is 15.5. The van der Waals surface area contributed by atoms with E-state index in [2.05, 4.69) is 113 Å². The molecule has 26 nitrogen and oxygen atoms in total. The molecule has 0 radical (unpaired) electrons. The van der Waals surface area contributed by atoms with Crippen molar-refractivity contribution < 1.29 is 101 Å². The number of nitrogens with zero attached hydrogens (tertiary/aromatic N) is 10. The van der Waals surface area contributed by atoms with Gasteiger partial charge in [0.1, 0.15) is 18.9 Å². The molecule has 4 bridgehead atoms. The number of nitrogens with one attached hydrogen (secondary N) is 6. The van der Waals surface area contributed by atoms with Crippen LogP contribution in [0.1, 0.15) is 139 Å². The number of carbonyl (C=O) groups is 5. The van der Waals surface area contributed by atoms with E-state index in [0.717, 1.165) is 135 Å². The molecule has 8 aliphatic heterocycles. The van der Waals surface area contributed by atoms with Gasteiger partial charge in [-0.2, -0.15) is 28.6 Å². The number of fused-ring (bicyclic) bond motifs is 6. The summed E-state index contributed by atoms with van der Waals surface area (Å²) in [6.45, 7) is 2.10. The van der Waals surface area contributed by atoms with Gasteiger partial charge in [0.2, 0.25) is 11.8 Å². The molecule has 1 aromatic carbocycles. The average molecular weight is 1470 g/mol. The van der Waals surface area contributed by atoms with Crippen LogP contribution in [0.4, 0.5) is 9.59 Å². The zero-order valence-electron chi connectivity index (χ0n) is 49.9. The first-order chi connectivity index (χ1) is 42.9. The van der Waals surface area contributed by atoms with Gasteiger partial charge >= 0.3 is 69.4 Å². The van der Waals surface area contributed by atoms with Crippen LogP contribution in [-0.2, 0) is 117 Å². The minimum Gasteiger partial charge on any atom is -0.870 e. The molecule has 8 fully saturated rings. The quantitative estimate of drug-likeness (QED) is 0.0123. The molecule has 4 unspecified atom stereocenters. The van der Waals surface area contributed by atoms with E-state index in [9.17, 15) is 29.2 Å². The monoisotopic (exact) mass is 1470 g/mol. The Labute approximate surface area is 614 Å². The Morgan fingerprint density at radius 2 is 1.31 bits per heavy atom. The number of benzene rings is 1. The summed E-state index contributed by atoms with van der Waals surface area (Å²) in [4.78, 5) is 77.7. The number of hydrogen-bond acceptors (Lipinski definition) is 23. The molecule has 8 aliphatic rings. The normalized spacial score (nSPS) is 24.2. The van der Waals surface area contributed by atoms with Crippen LogP contribution in [0.25, 0.3) is 10.4 Å². The molecular weight excluding hydrogens is 1390 g/mol. The van der Waals surface area contributed by atoms with Gasteiger partial charge in [0, 0.05) is 158 Å². The molecule has 2 aromatic rings. The van der Waals surface area contributed by atoms with E-state index < -0.39 is 0 Å². The topological polar surface area (TPSA) is 346 Å². The molecular formula is C54H81KN16O10S10. The molecule has 0 aliphatic carbocycles. The SMILES string of the molecule is C.C#CCNC(=O)CCCC[C@@H]1SC[C@@H]2NC(=O)N[C@@H]21.O=C(CCCC[C@@H]1SC[C@@H]2NC(=O)N[C@@H]21)NCc1cn(CCON=C2CC3CCCC(C2)N3O)nn1.S=S=S.S=S=S=S=S.[K+].[N-]=[N+]=NCCON=C1CC2CCCC(C1)N2OC(=O)c1ccccc1.[OH-]. The number of urea groups is 2. The van der Waals surface area contributed by atoms with Crippen molar-refractivity contribution >= 4 is 145 Å². The number of amides is 6. The van der Waals surface area contributed by atoms with E-state index in [4.69, 9.17) is 26.5 Å². The van der Waals surface area contributed by atoms with E-state index in [1.54, 1.807) is 16.8 Å². The van der Waals surface area contributed by atoms with Gasteiger partial charge in [-0.05, 0) is 69.0 Å². The summed E-state index contributed by atoms with van der Waals surface area (Å²) in [6, 6.07) is 10.5. The Hall–Kier alpha value is -2.94. The van der Waals surface area contributed by atoms with Crippen LogP contribution in [0, 0.1) is 12.3 Å². The van der Waals surface area contributed by atoms with Gasteiger partial charge in [0.15, 0.2) is 0 Å². The number of oxime groups is 2. The Kier molecular flexibility index (Phi) is 42.5. The summed E-state index contributed by atoms with van der Waals surface area (Å²) in [6.07, 6.45) is 22.8. The first-order valence-corrected chi connectivity index (χ1v) is 39.3. The Morgan fingerprint density at radius 1 is 0.791 bits per heavy atom. The molecule has 1 aromatic heterocycles. The van der Waals surface area contributed by atoms with Crippen LogP contribution in [0.15, 0.2) is 52.0 Å². The van der Waals surface area contributed by atoms with Crippen LogP contribution < -0.4 is 83.3 Å². The number of azide groups is 1. The molecule has 6 amide bonds. The van der Waals surface area contributed by atoms with Gasteiger partial charge in [0.05, 0.1) is 85.6 Å². The van der Waals surface area contributed by atoms with Crippen molar-refractivity contribution in [2.75, 3.05) is 37.8 Å². The molecule has 10 rings (SSSR count). The fourth-order valence-electron chi connectivity index (χ4n) is 11.5. The van der Waals surface area contributed by atoms with Gasteiger partial charge in [-0.25, -0.2) is 19.1 Å². The smallest absolute Gasteiger partial charge is 0.870 e. The number of hydroxylamine groups is 4. The van der Waals surface area contributed by atoms with Gasteiger partial charge in [-0.15, -0.1) is 16.6 Å². The second-order valence-corrected chi connectivity index (χ2v) is 31.1. The molecule has 8 saturated heterocycles. The largest absolute Gasteiger partial charge is 1.00 e. The van der Waals surface area contributed by atoms with Crippen LogP contribution >= 0.6 is 23.5 Å². The Bertz CT molecular complexity index is 2910. The Morgan fingerprint density at radius 3 is 1.82 bits per heavy atom. The van der Waals surface area contributed by atoms with Crippen LogP contribution in [-0.4, -0.2) is 174 Å². The zero-order valence-corrected chi connectivity index (χ0v) is 61.2. The maximum atomic E-state index is 12.3. The van der Waals surface area contributed by atoms with E-state index in [0.29, 0.717) is 60.8 Å². The maximum Gasteiger partial charge on any atom is 1.00 e.